The van der Waals surface area contributed by atoms with Crippen LogP contribution in [0.5, 0.6) is 5.75 Å². The van der Waals surface area contributed by atoms with E-state index in [0.717, 1.165) is 98.1 Å². The minimum Gasteiger partial charge on any atom is -0.489 e. The van der Waals surface area contributed by atoms with Gasteiger partial charge in [0.05, 0.1) is 5.52 Å². The van der Waals surface area contributed by atoms with Gasteiger partial charge in [-0.15, -0.1) is 0 Å². The number of anilines is 2. The lowest BCUT2D eigenvalue weighted by molar-refractivity contribution is 0.264. The molecule has 35 heavy (non-hydrogen) atoms. The van der Waals surface area contributed by atoms with E-state index in [0.29, 0.717) is 12.6 Å². The zero-order chi connectivity index (χ0) is 24.2. The monoisotopic (exact) mass is 474 g/mol. The number of aryl methyl sites for hydroxylation is 1. The van der Waals surface area contributed by atoms with E-state index in [1.807, 2.05) is 18.2 Å². The van der Waals surface area contributed by atoms with Gasteiger partial charge in [0.25, 0.3) is 0 Å². The number of rotatable bonds is 6. The molecule has 3 aromatic rings. The molecule has 2 aliphatic rings. The third-order valence-corrected chi connectivity index (χ3v) is 7.28. The number of likely N-dealkylation sites (N-methyl/N-ethyl adjacent to an activating group) is 1. The quantitative estimate of drug-likeness (QED) is 0.576. The molecule has 1 N–H and O–H groups in total. The second-order valence-electron chi connectivity index (χ2n) is 10.1. The van der Waals surface area contributed by atoms with Gasteiger partial charge in [0, 0.05) is 37.1 Å². The summed E-state index contributed by atoms with van der Waals surface area (Å²) in [6.45, 7) is 8.94. The number of fused-ring (bicyclic) bond motifs is 1. The van der Waals surface area contributed by atoms with E-state index in [1.54, 1.807) is 0 Å². The minimum absolute atomic E-state index is 0.432. The standard InChI is InChI=1S/C28H38N6O/c1-21-18-24-25(19-26(21)35-20-22-8-5-4-6-9-22)30-28(34-13-7-12-32(2)16-17-34)31-27(24)29-23-10-14-33(3)15-11-23/h4-6,8-9,18-19,23H,7,10-17,20H2,1-3H3,(H,29,30,31). The first-order valence-corrected chi connectivity index (χ1v) is 12.9. The first kappa shape index (κ1) is 23.8. The van der Waals surface area contributed by atoms with Crippen LogP contribution in [0.15, 0.2) is 42.5 Å². The summed E-state index contributed by atoms with van der Waals surface area (Å²) in [5, 5.41) is 4.87. The number of hydrogen-bond acceptors (Lipinski definition) is 7. The largest absolute Gasteiger partial charge is 0.489 e. The Balaban J connectivity index is 1.47. The van der Waals surface area contributed by atoms with E-state index in [4.69, 9.17) is 14.7 Å². The van der Waals surface area contributed by atoms with Crippen LogP contribution >= 0.6 is 0 Å². The maximum absolute atomic E-state index is 6.25. The van der Waals surface area contributed by atoms with Gasteiger partial charge >= 0.3 is 0 Å². The first-order chi connectivity index (χ1) is 17.0. The van der Waals surface area contributed by atoms with Crippen molar-refractivity contribution < 1.29 is 4.74 Å². The van der Waals surface area contributed by atoms with Gasteiger partial charge in [-0.05, 0) is 77.1 Å². The molecular weight excluding hydrogens is 436 g/mol. The van der Waals surface area contributed by atoms with Crippen molar-refractivity contribution in [3.05, 3.63) is 53.6 Å². The van der Waals surface area contributed by atoms with Gasteiger partial charge in [0.1, 0.15) is 18.2 Å². The lowest BCUT2D eigenvalue weighted by Crippen LogP contribution is -2.37. The zero-order valence-electron chi connectivity index (χ0n) is 21.3. The molecule has 2 fully saturated rings. The van der Waals surface area contributed by atoms with E-state index < -0.39 is 0 Å². The van der Waals surface area contributed by atoms with Crippen LogP contribution in [-0.2, 0) is 6.61 Å². The third kappa shape index (κ3) is 5.85. The molecular formula is C28H38N6O. The number of nitrogens with one attached hydrogen (secondary N) is 1. The highest BCUT2D eigenvalue weighted by Gasteiger charge is 2.22. The van der Waals surface area contributed by atoms with Crippen LogP contribution in [0.3, 0.4) is 0 Å². The van der Waals surface area contributed by atoms with E-state index in [2.05, 4.69) is 65.3 Å². The highest BCUT2D eigenvalue weighted by Crippen LogP contribution is 2.32. The zero-order valence-corrected chi connectivity index (χ0v) is 21.3. The molecule has 0 radical (unpaired) electrons. The number of likely N-dealkylation sites (tertiary alicyclic amines) is 1. The second kappa shape index (κ2) is 10.8. The molecule has 1 aromatic heterocycles. The molecule has 0 atom stereocenters. The lowest BCUT2D eigenvalue weighted by Gasteiger charge is -2.30. The Hall–Kier alpha value is -2.90. The van der Waals surface area contributed by atoms with Crippen LogP contribution in [0.1, 0.15) is 30.4 Å². The van der Waals surface area contributed by atoms with Gasteiger partial charge < -0.3 is 24.8 Å². The molecule has 0 amide bonds. The van der Waals surface area contributed by atoms with Crippen molar-refractivity contribution in [3.63, 3.8) is 0 Å². The molecule has 0 spiro atoms. The number of hydrogen-bond donors (Lipinski definition) is 1. The topological polar surface area (TPSA) is 56.8 Å². The molecule has 0 unspecified atom stereocenters. The maximum atomic E-state index is 6.25. The molecule has 5 rings (SSSR count). The number of benzene rings is 2. The predicted molar refractivity (Wildman–Crippen MR) is 144 cm³/mol. The van der Waals surface area contributed by atoms with E-state index >= 15 is 0 Å². The van der Waals surface area contributed by atoms with Crippen molar-refractivity contribution >= 4 is 22.7 Å². The fourth-order valence-corrected chi connectivity index (χ4v) is 4.99. The number of nitrogens with zero attached hydrogens (tertiary/aromatic N) is 5. The summed E-state index contributed by atoms with van der Waals surface area (Å²) in [4.78, 5) is 17.3. The summed E-state index contributed by atoms with van der Waals surface area (Å²) in [5.41, 5.74) is 3.21. The van der Waals surface area contributed by atoms with Crippen molar-refractivity contribution in [1.82, 2.24) is 19.8 Å². The Bertz CT molecular complexity index is 1130. The molecule has 7 heteroatoms. The number of ether oxygens (including phenoxy) is 1. The molecule has 7 nitrogen and oxygen atoms in total. The average molecular weight is 475 g/mol. The van der Waals surface area contributed by atoms with Gasteiger partial charge in [-0.2, -0.15) is 4.98 Å². The second-order valence-corrected chi connectivity index (χ2v) is 10.1. The van der Waals surface area contributed by atoms with Crippen molar-refractivity contribution in [3.8, 4) is 5.75 Å². The Kier molecular flexibility index (Phi) is 7.35. The molecule has 3 heterocycles. The Morgan fingerprint density at radius 1 is 0.914 bits per heavy atom. The number of aromatic nitrogens is 2. The Morgan fingerprint density at radius 3 is 2.49 bits per heavy atom. The molecule has 2 aromatic carbocycles. The van der Waals surface area contributed by atoms with Crippen LogP contribution < -0.4 is 15.0 Å². The first-order valence-electron chi connectivity index (χ1n) is 12.9. The fourth-order valence-electron chi connectivity index (χ4n) is 4.99. The summed E-state index contributed by atoms with van der Waals surface area (Å²) in [6.07, 6.45) is 3.38. The Morgan fingerprint density at radius 2 is 1.69 bits per heavy atom. The summed E-state index contributed by atoms with van der Waals surface area (Å²) in [7, 11) is 4.39. The SMILES string of the molecule is Cc1cc2c(NC3CCN(C)CC3)nc(N3CCCN(C)CC3)nc2cc1OCc1ccccc1. The van der Waals surface area contributed by atoms with Crippen LogP contribution in [0.2, 0.25) is 0 Å². The van der Waals surface area contributed by atoms with Crippen LogP contribution in [0, 0.1) is 6.92 Å². The van der Waals surface area contributed by atoms with Crippen molar-refractivity contribution in [2.75, 3.05) is 63.6 Å². The lowest BCUT2D eigenvalue weighted by atomic mass is 10.0. The van der Waals surface area contributed by atoms with Crippen molar-refractivity contribution in [2.24, 2.45) is 0 Å². The van der Waals surface area contributed by atoms with Crippen molar-refractivity contribution in [2.45, 2.75) is 38.8 Å². The van der Waals surface area contributed by atoms with E-state index in [1.165, 1.54) is 0 Å². The van der Waals surface area contributed by atoms with Gasteiger partial charge in [0.15, 0.2) is 0 Å². The highest BCUT2D eigenvalue weighted by atomic mass is 16.5. The molecule has 0 aliphatic carbocycles. The van der Waals surface area contributed by atoms with Crippen molar-refractivity contribution in [1.29, 1.82) is 0 Å². The number of piperidine rings is 1. The minimum atomic E-state index is 0.432. The normalized spacial score (nSPS) is 18.5. The van der Waals surface area contributed by atoms with E-state index in [-0.39, 0.29) is 0 Å². The molecule has 186 valence electrons. The maximum Gasteiger partial charge on any atom is 0.227 e. The molecule has 0 bridgehead atoms. The summed E-state index contributed by atoms with van der Waals surface area (Å²) in [5.74, 6) is 2.66. The Labute approximate surface area is 209 Å². The van der Waals surface area contributed by atoms with Crippen LogP contribution in [0.4, 0.5) is 11.8 Å². The highest BCUT2D eigenvalue weighted by molar-refractivity contribution is 5.92. The molecule has 2 saturated heterocycles. The predicted octanol–water partition coefficient (Wildman–Crippen LogP) is 4.17. The average Bonchev–Trinajstić information content (AvgIpc) is 3.09. The summed E-state index contributed by atoms with van der Waals surface area (Å²) in [6, 6.07) is 15.0. The summed E-state index contributed by atoms with van der Waals surface area (Å²) >= 11 is 0. The van der Waals surface area contributed by atoms with E-state index in [9.17, 15) is 0 Å². The fraction of sp³-hybridized carbons (Fsp3) is 0.500. The van der Waals surface area contributed by atoms with Crippen LogP contribution in [0.25, 0.3) is 10.9 Å². The van der Waals surface area contributed by atoms with Crippen LogP contribution in [-0.4, -0.2) is 79.2 Å². The summed E-state index contributed by atoms with van der Waals surface area (Å²) < 4.78 is 6.25. The van der Waals surface area contributed by atoms with Gasteiger partial charge in [-0.25, -0.2) is 4.98 Å². The molecule has 2 aliphatic heterocycles. The van der Waals surface area contributed by atoms with Gasteiger partial charge in [-0.1, -0.05) is 30.3 Å². The van der Waals surface area contributed by atoms with Gasteiger partial charge in [0.2, 0.25) is 5.95 Å². The molecule has 0 saturated carbocycles. The smallest absolute Gasteiger partial charge is 0.227 e. The third-order valence-electron chi connectivity index (χ3n) is 7.28. The van der Waals surface area contributed by atoms with Gasteiger partial charge in [-0.3, -0.25) is 0 Å².